The fourth-order valence-corrected chi connectivity index (χ4v) is 7.28. The summed E-state index contributed by atoms with van der Waals surface area (Å²) in [6.45, 7) is 4.52. The number of rotatable bonds is 5. The van der Waals surface area contributed by atoms with E-state index in [0.717, 1.165) is 24.2 Å². The fourth-order valence-electron chi connectivity index (χ4n) is 4.13. The van der Waals surface area contributed by atoms with Gasteiger partial charge in [0.15, 0.2) is 0 Å². The van der Waals surface area contributed by atoms with Gasteiger partial charge in [-0.3, -0.25) is 15.6 Å². The third-order valence-electron chi connectivity index (χ3n) is 5.70. The lowest BCUT2D eigenvalue weighted by atomic mass is 10.0. The average molecular weight is 469 g/mol. The molecule has 2 aromatic rings. The summed E-state index contributed by atoms with van der Waals surface area (Å²) >= 11 is 1.16. The SMILES string of the molecule is CC1NNC(C)C1S(=O)(=O)N1CCCC(c2nnc(C(=O)Nc3ccc(F)cc3)s2)C1. The molecule has 3 heterocycles. The lowest BCUT2D eigenvalue weighted by molar-refractivity contribution is 0.102. The summed E-state index contributed by atoms with van der Waals surface area (Å²) in [7, 11) is -3.50. The minimum absolute atomic E-state index is 0.110. The van der Waals surface area contributed by atoms with Crippen LogP contribution in [0.1, 0.15) is 47.4 Å². The standard InChI is InChI=1S/C19H25FN6O3S2/c1-11-16(12(2)23-22-11)31(28,29)26-9-3-4-13(10-26)18-24-25-19(30-18)17(27)21-15-7-5-14(20)6-8-15/h5-8,11-13,16,22-23H,3-4,9-10H2,1-2H3,(H,21,27). The second-order valence-corrected chi connectivity index (χ2v) is 11.1. The van der Waals surface area contributed by atoms with Gasteiger partial charge in [0.1, 0.15) is 16.1 Å². The Morgan fingerprint density at radius 1 is 1.19 bits per heavy atom. The van der Waals surface area contributed by atoms with Gasteiger partial charge in [-0.2, -0.15) is 0 Å². The molecule has 3 unspecified atom stereocenters. The summed E-state index contributed by atoms with van der Waals surface area (Å²) < 4.78 is 41.1. The number of hydrazine groups is 1. The molecule has 2 fully saturated rings. The highest BCUT2D eigenvalue weighted by atomic mass is 32.2. The monoisotopic (exact) mass is 468 g/mol. The average Bonchev–Trinajstić information content (AvgIpc) is 3.37. The predicted molar refractivity (Wildman–Crippen MR) is 116 cm³/mol. The molecule has 0 spiro atoms. The number of amides is 1. The van der Waals surface area contributed by atoms with E-state index in [4.69, 9.17) is 0 Å². The van der Waals surface area contributed by atoms with E-state index in [1.807, 2.05) is 13.8 Å². The zero-order valence-corrected chi connectivity index (χ0v) is 18.8. The van der Waals surface area contributed by atoms with Crippen LogP contribution in [-0.2, 0) is 10.0 Å². The molecule has 2 aliphatic heterocycles. The molecule has 31 heavy (non-hydrogen) atoms. The van der Waals surface area contributed by atoms with E-state index in [9.17, 15) is 17.6 Å². The second kappa shape index (κ2) is 8.87. The van der Waals surface area contributed by atoms with E-state index >= 15 is 0 Å². The molecule has 1 aromatic heterocycles. The smallest absolute Gasteiger partial charge is 0.286 e. The molecule has 12 heteroatoms. The van der Waals surface area contributed by atoms with E-state index in [1.165, 1.54) is 24.3 Å². The number of aromatic nitrogens is 2. The van der Waals surface area contributed by atoms with Crippen LogP contribution in [0.2, 0.25) is 0 Å². The van der Waals surface area contributed by atoms with Crippen LogP contribution in [0.3, 0.4) is 0 Å². The van der Waals surface area contributed by atoms with Crippen molar-refractivity contribution in [2.24, 2.45) is 0 Å². The molecule has 1 aromatic carbocycles. The van der Waals surface area contributed by atoms with Gasteiger partial charge >= 0.3 is 0 Å². The fraction of sp³-hybridized carbons (Fsp3) is 0.526. The Labute approximate surface area is 184 Å². The quantitative estimate of drug-likeness (QED) is 0.611. The van der Waals surface area contributed by atoms with Gasteiger partial charge in [0, 0.05) is 36.8 Å². The van der Waals surface area contributed by atoms with Crippen molar-refractivity contribution in [3.8, 4) is 0 Å². The largest absolute Gasteiger partial charge is 0.320 e. The van der Waals surface area contributed by atoms with Gasteiger partial charge in [0.2, 0.25) is 15.0 Å². The second-order valence-electron chi connectivity index (χ2n) is 7.98. The number of anilines is 1. The van der Waals surface area contributed by atoms with Crippen molar-refractivity contribution in [1.82, 2.24) is 25.4 Å². The lowest BCUT2D eigenvalue weighted by Crippen LogP contribution is -2.49. The molecule has 0 bridgehead atoms. The van der Waals surface area contributed by atoms with Crippen molar-refractivity contribution in [2.75, 3.05) is 18.4 Å². The molecule has 0 saturated carbocycles. The number of piperidine rings is 1. The van der Waals surface area contributed by atoms with Gasteiger partial charge in [-0.15, -0.1) is 10.2 Å². The van der Waals surface area contributed by atoms with Crippen molar-refractivity contribution in [2.45, 2.75) is 49.9 Å². The van der Waals surface area contributed by atoms with Gasteiger partial charge in [0.25, 0.3) is 5.91 Å². The van der Waals surface area contributed by atoms with E-state index < -0.39 is 21.2 Å². The van der Waals surface area contributed by atoms with Gasteiger partial charge in [0.05, 0.1) is 0 Å². The summed E-state index contributed by atoms with van der Waals surface area (Å²) in [6.07, 6.45) is 1.50. The maximum Gasteiger partial charge on any atom is 0.286 e. The highest BCUT2D eigenvalue weighted by Crippen LogP contribution is 2.32. The number of hydrogen-bond acceptors (Lipinski definition) is 8. The van der Waals surface area contributed by atoms with Crippen LogP contribution in [0.25, 0.3) is 0 Å². The molecule has 2 saturated heterocycles. The molecular weight excluding hydrogens is 443 g/mol. The molecule has 3 N–H and O–H groups in total. The van der Waals surface area contributed by atoms with Crippen LogP contribution in [0.15, 0.2) is 24.3 Å². The third kappa shape index (κ3) is 4.62. The highest BCUT2D eigenvalue weighted by molar-refractivity contribution is 7.89. The molecule has 3 atom stereocenters. The summed E-state index contributed by atoms with van der Waals surface area (Å²) in [5.41, 5.74) is 6.47. The molecule has 0 radical (unpaired) electrons. The third-order valence-corrected chi connectivity index (χ3v) is 9.34. The van der Waals surface area contributed by atoms with Crippen molar-refractivity contribution < 1.29 is 17.6 Å². The summed E-state index contributed by atoms with van der Waals surface area (Å²) in [4.78, 5) is 12.4. The van der Waals surface area contributed by atoms with E-state index in [1.54, 1.807) is 4.31 Å². The Kier molecular flexibility index (Phi) is 6.35. The Bertz CT molecular complexity index is 1040. The Hall–Kier alpha value is -1.99. The molecular formula is C19H25FN6O3S2. The predicted octanol–water partition coefficient (Wildman–Crippen LogP) is 1.69. The normalized spacial score (nSPS) is 27.3. The highest BCUT2D eigenvalue weighted by Gasteiger charge is 2.44. The minimum Gasteiger partial charge on any atom is -0.320 e. The minimum atomic E-state index is -3.50. The van der Waals surface area contributed by atoms with Crippen LogP contribution >= 0.6 is 11.3 Å². The number of carbonyl (C=O) groups is 1. The number of hydrogen-bond donors (Lipinski definition) is 3. The first-order valence-corrected chi connectivity index (χ1v) is 12.5. The zero-order chi connectivity index (χ0) is 22.2. The van der Waals surface area contributed by atoms with Crippen LogP contribution in [0, 0.1) is 5.82 Å². The number of nitrogens with zero attached hydrogens (tertiary/aromatic N) is 3. The van der Waals surface area contributed by atoms with Crippen molar-refractivity contribution >= 4 is 33.0 Å². The Morgan fingerprint density at radius 2 is 1.87 bits per heavy atom. The number of sulfonamides is 1. The van der Waals surface area contributed by atoms with Gasteiger partial charge in [-0.1, -0.05) is 11.3 Å². The van der Waals surface area contributed by atoms with Crippen molar-refractivity contribution in [3.63, 3.8) is 0 Å². The van der Waals surface area contributed by atoms with Gasteiger partial charge in [-0.05, 0) is 51.0 Å². The number of halogens is 1. The van der Waals surface area contributed by atoms with E-state index in [-0.39, 0.29) is 28.8 Å². The topological polar surface area (TPSA) is 116 Å². The van der Waals surface area contributed by atoms with Gasteiger partial charge in [-0.25, -0.2) is 17.1 Å². The molecule has 9 nitrogen and oxygen atoms in total. The van der Waals surface area contributed by atoms with E-state index in [0.29, 0.717) is 23.8 Å². The van der Waals surface area contributed by atoms with Crippen LogP contribution in [0.5, 0.6) is 0 Å². The van der Waals surface area contributed by atoms with Crippen molar-refractivity contribution in [3.05, 3.63) is 40.1 Å². The maximum atomic E-state index is 13.2. The molecule has 2 aliphatic rings. The zero-order valence-electron chi connectivity index (χ0n) is 17.2. The Morgan fingerprint density at radius 3 is 2.55 bits per heavy atom. The lowest BCUT2D eigenvalue weighted by Gasteiger charge is -2.34. The number of carbonyl (C=O) groups excluding carboxylic acids is 1. The molecule has 1 amide bonds. The number of nitrogens with one attached hydrogen (secondary N) is 3. The Balaban J connectivity index is 1.45. The summed E-state index contributed by atoms with van der Waals surface area (Å²) in [5, 5.41) is 11.1. The molecule has 0 aliphatic carbocycles. The first-order valence-electron chi connectivity index (χ1n) is 10.2. The maximum absolute atomic E-state index is 13.2. The van der Waals surface area contributed by atoms with Crippen LogP contribution in [0.4, 0.5) is 10.1 Å². The molecule has 4 rings (SSSR count). The van der Waals surface area contributed by atoms with Crippen LogP contribution < -0.4 is 16.2 Å². The van der Waals surface area contributed by atoms with E-state index in [2.05, 4.69) is 26.4 Å². The summed E-state index contributed by atoms with van der Waals surface area (Å²) in [6, 6.07) is 5.07. The number of benzene rings is 1. The van der Waals surface area contributed by atoms with Gasteiger partial charge < -0.3 is 5.32 Å². The van der Waals surface area contributed by atoms with Crippen molar-refractivity contribution in [1.29, 1.82) is 0 Å². The van der Waals surface area contributed by atoms with Crippen LogP contribution in [-0.4, -0.2) is 59.3 Å². The first kappa shape index (κ1) is 22.2. The summed E-state index contributed by atoms with van der Waals surface area (Å²) in [5.74, 6) is -0.927. The molecule has 168 valence electrons. The first-order chi connectivity index (χ1) is 14.8.